The molecule has 1 aromatic carbocycles. The number of aromatic amines is 1. The third kappa shape index (κ3) is 3.56. The Morgan fingerprint density at radius 2 is 1.96 bits per heavy atom. The molecule has 0 saturated heterocycles. The average Bonchev–Trinajstić information content (AvgIpc) is 3.07. The van der Waals surface area contributed by atoms with Gasteiger partial charge in [0.1, 0.15) is 6.04 Å². The smallest absolute Gasteiger partial charge is 0.329 e. The predicted molar refractivity (Wildman–Crippen MR) is 97.8 cm³/mol. The lowest BCUT2D eigenvalue weighted by Gasteiger charge is -2.33. The molecule has 26 heavy (non-hydrogen) atoms. The van der Waals surface area contributed by atoms with Crippen LogP contribution in [0.15, 0.2) is 30.6 Å². The molecule has 0 spiro atoms. The third-order valence-electron chi connectivity index (χ3n) is 4.64. The molecule has 1 atom stereocenters. The summed E-state index contributed by atoms with van der Waals surface area (Å²) in [5.41, 5.74) is 3.54. The zero-order chi connectivity index (χ0) is 18.9. The predicted octanol–water partition coefficient (Wildman–Crippen LogP) is 2.84. The lowest BCUT2D eigenvalue weighted by atomic mass is 9.87. The average molecular weight is 356 g/mol. The number of urea groups is 1. The number of nitrogens with zero attached hydrogens (tertiary/aromatic N) is 2. The summed E-state index contributed by atoms with van der Waals surface area (Å²) in [7, 11) is 1.32. The summed E-state index contributed by atoms with van der Waals surface area (Å²) in [5.74, 6) is -0.447. The molecule has 2 N–H and O–H groups in total. The van der Waals surface area contributed by atoms with Crippen LogP contribution in [0.2, 0.25) is 0 Å². The molecule has 0 bridgehead atoms. The van der Waals surface area contributed by atoms with E-state index in [1.54, 1.807) is 6.33 Å². The second-order valence-corrected chi connectivity index (χ2v) is 7.46. The topological polar surface area (TPSA) is 87.3 Å². The Hall–Kier alpha value is -2.83. The van der Waals surface area contributed by atoms with Crippen LogP contribution in [0.5, 0.6) is 0 Å². The first-order chi connectivity index (χ1) is 12.3. The molecule has 0 fully saturated rings. The van der Waals surface area contributed by atoms with E-state index in [-0.39, 0.29) is 18.0 Å². The number of hydrogen-bond donors (Lipinski definition) is 2. The molecule has 1 unspecified atom stereocenters. The largest absolute Gasteiger partial charge is 0.467 e. The van der Waals surface area contributed by atoms with Crippen molar-refractivity contribution in [3.05, 3.63) is 47.5 Å². The molecule has 7 nitrogen and oxygen atoms in total. The van der Waals surface area contributed by atoms with E-state index in [0.29, 0.717) is 12.1 Å². The SMILES string of the molecule is COC(=O)C1Cc2nc[nH]c2CN1C(=O)Nc1ccc(C(C)(C)C)cc1. The molecule has 0 saturated carbocycles. The van der Waals surface area contributed by atoms with Crippen LogP contribution in [0.4, 0.5) is 10.5 Å². The summed E-state index contributed by atoms with van der Waals surface area (Å²) in [6.07, 6.45) is 1.91. The normalized spacial score (nSPS) is 16.8. The molecule has 0 radical (unpaired) electrons. The Bertz CT molecular complexity index is 805. The monoisotopic (exact) mass is 356 g/mol. The Balaban J connectivity index is 1.78. The van der Waals surface area contributed by atoms with Crippen molar-refractivity contribution in [3.8, 4) is 0 Å². The zero-order valence-electron chi connectivity index (χ0n) is 15.5. The van der Waals surface area contributed by atoms with Gasteiger partial charge in [0.15, 0.2) is 0 Å². The molecule has 7 heteroatoms. The number of esters is 1. The van der Waals surface area contributed by atoms with E-state index in [1.807, 2.05) is 24.3 Å². The highest BCUT2D eigenvalue weighted by Crippen LogP contribution is 2.25. The third-order valence-corrected chi connectivity index (χ3v) is 4.64. The van der Waals surface area contributed by atoms with Crippen LogP contribution in [0, 0.1) is 0 Å². The van der Waals surface area contributed by atoms with Crippen molar-refractivity contribution in [2.24, 2.45) is 0 Å². The Morgan fingerprint density at radius 3 is 2.58 bits per heavy atom. The Morgan fingerprint density at radius 1 is 1.27 bits per heavy atom. The highest BCUT2D eigenvalue weighted by molar-refractivity contribution is 5.93. The van der Waals surface area contributed by atoms with E-state index >= 15 is 0 Å². The van der Waals surface area contributed by atoms with Crippen LogP contribution < -0.4 is 5.32 Å². The van der Waals surface area contributed by atoms with Gasteiger partial charge in [-0.1, -0.05) is 32.9 Å². The van der Waals surface area contributed by atoms with E-state index in [2.05, 4.69) is 36.1 Å². The van der Waals surface area contributed by atoms with Gasteiger partial charge in [-0.3, -0.25) is 0 Å². The standard InChI is InChI=1S/C19H24N4O3/c1-19(2,3)12-5-7-13(8-6-12)22-18(25)23-10-15-14(20-11-21-15)9-16(23)17(24)26-4/h5-8,11,16H,9-10H2,1-4H3,(H,20,21)(H,22,25). The maximum absolute atomic E-state index is 12.8. The molecule has 0 aliphatic carbocycles. The van der Waals surface area contributed by atoms with Crippen molar-refractivity contribution in [1.29, 1.82) is 0 Å². The lowest BCUT2D eigenvalue weighted by Crippen LogP contribution is -2.50. The fourth-order valence-corrected chi connectivity index (χ4v) is 3.04. The molecule has 138 valence electrons. The highest BCUT2D eigenvalue weighted by Gasteiger charge is 2.36. The fourth-order valence-electron chi connectivity index (χ4n) is 3.04. The minimum atomic E-state index is -0.690. The van der Waals surface area contributed by atoms with Gasteiger partial charge < -0.3 is 19.9 Å². The number of hydrogen-bond acceptors (Lipinski definition) is 4. The van der Waals surface area contributed by atoms with Crippen LogP contribution in [0.25, 0.3) is 0 Å². The zero-order valence-corrected chi connectivity index (χ0v) is 15.5. The van der Waals surface area contributed by atoms with Gasteiger partial charge in [0.25, 0.3) is 0 Å². The van der Waals surface area contributed by atoms with Gasteiger partial charge in [0.2, 0.25) is 0 Å². The number of benzene rings is 1. The van der Waals surface area contributed by atoms with Crippen molar-refractivity contribution in [2.45, 2.75) is 45.2 Å². The molecular weight excluding hydrogens is 332 g/mol. The number of methoxy groups -OCH3 is 1. The van der Waals surface area contributed by atoms with Crippen molar-refractivity contribution in [1.82, 2.24) is 14.9 Å². The summed E-state index contributed by atoms with van der Waals surface area (Å²) >= 11 is 0. The fraction of sp³-hybridized carbons (Fsp3) is 0.421. The summed E-state index contributed by atoms with van der Waals surface area (Å²) in [6.45, 7) is 6.69. The first-order valence-electron chi connectivity index (χ1n) is 8.56. The Labute approximate surface area is 152 Å². The first kappa shape index (κ1) is 18.0. The molecule has 2 aromatic rings. The van der Waals surface area contributed by atoms with Gasteiger partial charge in [-0.2, -0.15) is 0 Å². The van der Waals surface area contributed by atoms with E-state index in [0.717, 1.165) is 11.4 Å². The Kier molecular flexibility index (Phi) is 4.71. The maximum atomic E-state index is 12.8. The van der Waals surface area contributed by atoms with Crippen LogP contribution in [0.1, 0.15) is 37.7 Å². The number of rotatable bonds is 2. The molecule has 2 heterocycles. The number of anilines is 1. The summed E-state index contributed by atoms with van der Waals surface area (Å²) in [6, 6.07) is 6.70. The summed E-state index contributed by atoms with van der Waals surface area (Å²) in [4.78, 5) is 33.6. The number of carbonyl (C=O) groups is 2. The summed E-state index contributed by atoms with van der Waals surface area (Å²) in [5, 5.41) is 2.87. The molecule has 3 rings (SSSR count). The highest BCUT2D eigenvalue weighted by atomic mass is 16.5. The van der Waals surface area contributed by atoms with Gasteiger partial charge in [-0.05, 0) is 23.1 Å². The minimum absolute atomic E-state index is 0.0441. The quantitative estimate of drug-likeness (QED) is 0.810. The molecule has 1 aliphatic rings. The summed E-state index contributed by atoms with van der Waals surface area (Å²) < 4.78 is 4.87. The van der Waals surface area contributed by atoms with E-state index in [4.69, 9.17) is 4.74 Å². The van der Waals surface area contributed by atoms with Crippen LogP contribution in [-0.2, 0) is 27.9 Å². The van der Waals surface area contributed by atoms with Gasteiger partial charge in [0.05, 0.1) is 31.4 Å². The number of nitrogens with one attached hydrogen (secondary N) is 2. The van der Waals surface area contributed by atoms with Crippen molar-refractivity contribution in [2.75, 3.05) is 12.4 Å². The van der Waals surface area contributed by atoms with Crippen LogP contribution in [0.3, 0.4) is 0 Å². The number of amides is 2. The van der Waals surface area contributed by atoms with E-state index < -0.39 is 12.0 Å². The number of fused-ring (bicyclic) bond motifs is 1. The number of H-pyrrole nitrogens is 1. The lowest BCUT2D eigenvalue weighted by molar-refractivity contribution is -0.146. The minimum Gasteiger partial charge on any atom is -0.467 e. The number of carbonyl (C=O) groups excluding carboxylic acids is 2. The number of ether oxygens (including phenoxy) is 1. The van der Waals surface area contributed by atoms with Gasteiger partial charge in [0, 0.05) is 12.1 Å². The second-order valence-electron chi connectivity index (χ2n) is 7.46. The van der Waals surface area contributed by atoms with Gasteiger partial charge in [-0.15, -0.1) is 0 Å². The first-order valence-corrected chi connectivity index (χ1v) is 8.56. The molecule has 1 aliphatic heterocycles. The maximum Gasteiger partial charge on any atom is 0.329 e. The van der Waals surface area contributed by atoms with Gasteiger partial charge >= 0.3 is 12.0 Å². The number of imidazole rings is 1. The van der Waals surface area contributed by atoms with E-state index in [1.165, 1.54) is 17.6 Å². The van der Waals surface area contributed by atoms with Crippen LogP contribution >= 0.6 is 0 Å². The molecular formula is C19H24N4O3. The van der Waals surface area contributed by atoms with Crippen molar-refractivity contribution >= 4 is 17.7 Å². The second kappa shape index (κ2) is 6.82. The van der Waals surface area contributed by atoms with Crippen molar-refractivity contribution in [3.63, 3.8) is 0 Å². The van der Waals surface area contributed by atoms with Gasteiger partial charge in [-0.25, -0.2) is 14.6 Å². The van der Waals surface area contributed by atoms with E-state index in [9.17, 15) is 9.59 Å². The molecule has 2 amide bonds. The number of aromatic nitrogens is 2. The van der Waals surface area contributed by atoms with Crippen molar-refractivity contribution < 1.29 is 14.3 Å². The van der Waals surface area contributed by atoms with Crippen LogP contribution in [-0.4, -0.2) is 40.0 Å². The molecule has 1 aromatic heterocycles.